The first-order valence-corrected chi connectivity index (χ1v) is 10.5. The predicted molar refractivity (Wildman–Crippen MR) is 121 cm³/mol. The molecule has 5 nitrogen and oxygen atoms in total. The molecule has 1 aromatic carbocycles. The highest BCUT2D eigenvalue weighted by molar-refractivity contribution is 7.80. The topological polar surface area (TPSA) is 48.9 Å². The van der Waals surface area contributed by atoms with Crippen molar-refractivity contribution in [2.24, 2.45) is 5.10 Å². The Kier molecular flexibility index (Phi) is 7.73. The number of hydrazone groups is 1. The number of benzene rings is 1. The molecule has 1 aliphatic heterocycles. The Morgan fingerprint density at radius 1 is 1.29 bits per heavy atom. The molecular formula is C20H24Cl2N4OS. The summed E-state index contributed by atoms with van der Waals surface area (Å²) >= 11 is 17.6. The number of thiocarbonyl (C=S) groups is 1. The number of ether oxygens (including phenoxy) is 1. The minimum atomic E-state index is 0.522. The lowest BCUT2D eigenvalue weighted by Crippen LogP contribution is -2.36. The standard InChI is InChI=1S/C20H24Cl2N4OS/c1-2-23-20(28)25-24-13-16-4-3-15(19(16)26-7-9-27-10-8-26)11-14-5-6-17(21)12-18(14)22/h5-6,11-13H,2-4,7-10H2,1H3,(H2,23,25,28)/b15-11+,24-13-. The molecule has 150 valence electrons. The van der Waals surface area contributed by atoms with Gasteiger partial charge in [-0.3, -0.25) is 5.43 Å². The van der Waals surface area contributed by atoms with Crippen LogP contribution in [0.1, 0.15) is 25.3 Å². The summed E-state index contributed by atoms with van der Waals surface area (Å²) in [5.74, 6) is 0. The lowest BCUT2D eigenvalue weighted by atomic mass is 10.1. The molecule has 0 spiro atoms. The summed E-state index contributed by atoms with van der Waals surface area (Å²) in [4.78, 5) is 2.37. The van der Waals surface area contributed by atoms with Crippen LogP contribution in [0.2, 0.25) is 10.0 Å². The average Bonchev–Trinajstić information content (AvgIpc) is 3.07. The van der Waals surface area contributed by atoms with Gasteiger partial charge in [-0.15, -0.1) is 0 Å². The first-order valence-electron chi connectivity index (χ1n) is 9.37. The summed E-state index contributed by atoms with van der Waals surface area (Å²) < 4.78 is 5.53. The lowest BCUT2D eigenvalue weighted by Gasteiger charge is -2.31. The fraction of sp³-hybridized carbons (Fsp3) is 0.400. The lowest BCUT2D eigenvalue weighted by molar-refractivity contribution is 0.0548. The zero-order chi connectivity index (χ0) is 19.9. The number of allylic oxidation sites excluding steroid dienone is 2. The van der Waals surface area contributed by atoms with Gasteiger partial charge in [-0.25, -0.2) is 0 Å². The Morgan fingerprint density at radius 2 is 2.07 bits per heavy atom. The fourth-order valence-electron chi connectivity index (χ4n) is 3.35. The summed E-state index contributed by atoms with van der Waals surface area (Å²) in [6.07, 6.45) is 5.88. The smallest absolute Gasteiger partial charge is 0.186 e. The van der Waals surface area contributed by atoms with E-state index >= 15 is 0 Å². The van der Waals surface area contributed by atoms with Crippen molar-refractivity contribution >= 4 is 52.8 Å². The molecule has 0 radical (unpaired) electrons. The minimum absolute atomic E-state index is 0.522. The van der Waals surface area contributed by atoms with Crippen LogP contribution < -0.4 is 10.7 Å². The second-order valence-corrected chi connectivity index (χ2v) is 7.79. The van der Waals surface area contributed by atoms with E-state index in [1.54, 1.807) is 6.07 Å². The van der Waals surface area contributed by atoms with Crippen LogP contribution in [-0.4, -0.2) is 49.1 Å². The summed E-state index contributed by atoms with van der Waals surface area (Å²) in [7, 11) is 0. The summed E-state index contributed by atoms with van der Waals surface area (Å²) in [5, 5.41) is 9.16. The quantitative estimate of drug-likeness (QED) is 0.409. The van der Waals surface area contributed by atoms with Gasteiger partial charge in [-0.05, 0) is 66.9 Å². The second-order valence-electron chi connectivity index (χ2n) is 6.54. The molecule has 0 atom stereocenters. The number of rotatable bonds is 5. The number of hydrogen-bond donors (Lipinski definition) is 2. The third kappa shape index (κ3) is 5.47. The Hall–Kier alpha value is -1.60. The molecule has 8 heteroatoms. The van der Waals surface area contributed by atoms with E-state index in [9.17, 15) is 0 Å². The van der Waals surface area contributed by atoms with Crippen LogP contribution >= 0.6 is 35.4 Å². The van der Waals surface area contributed by atoms with Crippen LogP contribution in [0, 0.1) is 0 Å². The van der Waals surface area contributed by atoms with Crippen LogP contribution in [-0.2, 0) is 4.74 Å². The van der Waals surface area contributed by atoms with Gasteiger partial charge in [0, 0.05) is 35.4 Å². The highest BCUT2D eigenvalue weighted by atomic mass is 35.5. The summed E-state index contributed by atoms with van der Waals surface area (Å²) in [5.41, 5.74) is 7.49. The van der Waals surface area contributed by atoms with Crippen LogP contribution in [0.15, 0.2) is 40.1 Å². The fourth-order valence-corrected chi connectivity index (χ4v) is 4.01. The molecule has 0 saturated carbocycles. The van der Waals surface area contributed by atoms with Crippen molar-refractivity contribution < 1.29 is 4.74 Å². The van der Waals surface area contributed by atoms with Gasteiger partial charge in [0.25, 0.3) is 0 Å². The van der Waals surface area contributed by atoms with Crippen LogP contribution in [0.4, 0.5) is 0 Å². The van der Waals surface area contributed by atoms with Crippen molar-refractivity contribution in [1.82, 2.24) is 15.6 Å². The molecule has 1 aliphatic carbocycles. The van der Waals surface area contributed by atoms with E-state index in [0.29, 0.717) is 15.2 Å². The van der Waals surface area contributed by atoms with Crippen molar-refractivity contribution in [2.45, 2.75) is 19.8 Å². The predicted octanol–water partition coefficient (Wildman–Crippen LogP) is 4.23. The van der Waals surface area contributed by atoms with Crippen molar-refractivity contribution in [2.75, 3.05) is 32.8 Å². The summed E-state index contributed by atoms with van der Waals surface area (Å²) in [6, 6.07) is 5.59. The molecule has 1 saturated heterocycles. The number of nitrogens with zero attached hydrogens (tertiary/aromatic N) is 2. The maximum atomic E-state index is 6.39. The number of hydrogen-bond acceptors (Lipinski definition) is 4. The second kappa shape index (κ2) is 10.3. The van der Waals surface area contributed by atoms with Crippen molar-refractivity contribution in [1.29, 1.82) is 0 Å². The molecule has 1 fully saturated rings. The van der Waals surface area contributed by atoms with E-state index in [4.69, 9.17) is 40.2 Å². The largest absolute Gasteiger partial charge is 0.378 e. The molecule has 0 bridgehead atoms. The van der Waals surface area contributed by atoms with Crippen LogP contribution in [0.5, 0.6) is 0 Å². The molecule has 0 amide bonds. The Bertz CT molecular complexity index is 816. The highest BCUT2D eigenvalue weighted by Crippen LogP contribution is 2.36. The van der Waals surface area contributed by atoms with Gasteiger partial charge in [0.05, 0.1) is 19.4 Å². The Balaban J connectivity index is 1.89. The van der Waals surface area contributed by atoms with Gasteiger partial charge in [-0.2, -0.15) is 5.10 Å². The first kappa shape index (κ1) is 21.1. The van der Waals surface area contributed by atoms with Crippen molar-refractivity contribution in [3.8, 4) is 0 Å². The number of halogens is 2. The molecular weight excluding hydrogens is 415 g/mol. The third-order valence-corrected chi connectivity index (χ3v) is 5.41. The van der Waals surface area contributed by atoms with Gasteiger partial charge in [0.1, 0.15) is 0 Å². The first-order chi connectivity index (χ1) is 13.6. The van der Waals surface area contributed by atoms with E-state index < -0.39 is 0 Å². The van der Waals surface area contributed by atoms with Crippen LogP contribution in [0.3, 0.4) is 0 Å². The molecule has 1 aromatic rings. The van der Waals surface area contributed by atoms with Gasteiger partial charge >= 0.3 is 0 Å². The zero-order valence-corrected chi connectivity index (χ0v) is 18.1. The molecule has 1 heterocycles. The molecule has 0 unspecified atom stereocenters. The van der Waals surface area contributed by atoms with Gasteiger partial charge in [0.15, 0.2) is 5.11 Å². The molecule has 3 rings (SSSR count). The van der Waals surface area contributed by atoms with Crippen molar-refractivity contribution in [3.05, 3.63) is 50.7 Å². The number of morpholine rings is 1. The van der Waals surface area contributed by atoms with E-state index in [1.807, 2.05) is 25.3 Å². The maximum Gasteiger partial charge on any atom is 0.186 e. The zero-order valence-electron chi connectivity index (χ0n) is 15.8. The molecule has 2 aliphatic rings. The van der Waals surface area contributed by atoms with E-state index in [0.717, 1.165) is 51.3 Å². The SMILES string of the molecule is CCNC(=S)N/N=C\C1=C(N2CCOCC2)C(=C/c2ccc(Cl)cc2Cl)/CC1. The van der Waals surface area contributed by atoms with Crippen molar-refractivity contribution in [3.63, 3.8) is 0 Å². The maximum absolute atomic E-state index is 6.39. The summed E-state index contributed by atoms with van der Waals surface area (Å²) in [6.45, 7) is 5.94. The Labute approximate surface area is 181 Å². The molecule has 0 aromatic heterocycles. The van der Waals surface area contributed by atoms with Crippen LogP contribution in [0.25, 0.3) is 6.08 Å². The Morgan fingerprint density at radius 3 is 2.79 bits per heavy atom. The molecule has 28 heavy (non-hydrogen) atoms. The monoisotopic (exact) mass is 438 g/mol. The highest BCUT2D eigenvalue weighted by Gasteiger charge is 2.25. The number of nitrogens with one attached hydrogen (secondary N) is 2. The average molecular weight is 439 g/mol. The van der Waals surface area contributed by atoms with Gasteiger partial charge in [0.2, 0.25) is 0 Å². The van der Waals surface area contributed by atoms with Gasteiger partial charge < -0.3 is 15.0 Å². The van der Waals surface area contributed by atoms with E-state index in [2.05, 4.69) is 26.8 Å². The van der Waals surface area contributed by atoms with E-state index in [-0.39, 0.29) is 0 Å². The third-order valence-electron chi connectivity index (χ3n) is 4.62. The minimum Gasteiger partial charge on any atom is -0.378 e. The molecule has 2 N–H and O–H groups in total. The van der Waals surface area contributed by atoms with Gasteiger partial charge in [-0.1, -0.05) is 29.3 Å². The normalized spacial score (nSPS) is 19.0. The van der Waals surface area contributed by atoms with E-state index in [1.165, 1.54) is 16.8 Å².